The number of carbonyl (C=O) groups excluding carboxylic acids is 1. The minimum atomic E-state index is -0.946. The molecule has 5 atom stereocenters. The Hall–Kier alpha value is -4.30. The van der Waals surface area contributed by atoms with Gasteiger partial charge < -0.3 is 30.6 Å². The maximum absolute atomic E-state index is 14.1. The summed E-state index contributed by atoms with van der Waals surface area (Å²) in [6, 6.07) is 23.8. The molecule has 3 fully saturated rings. The molecule has 2 saturated carbocycles. The van der Waals surface area contributed by atoms with Crippen molar-refractivity contribution >= 4 is 28.9 Å². The third-order valence-electron chi connectivity index (χ3n) is 12.0. The molecule has 2 aliphatic carbocycles. The van der Waals surface area contributed by atoms with Gasteiger partial charge in [-0.3, -0.25) is 4.79 Å². The number of rotatable bonds is 14. The molecule has 4 N–H and O–H groups in total. The predicted molar refractivity (Wildman–Crippen MR) is 218 cm³/mol. The molecule has 3 aromatic carbocycles. The highest BCUT2D eigenvalue weighted by Crippen LogP contribution is 2.50. The van der Waals surface area contributed by atoms with Crippen molar-refractivity contribution in [2.75, 3.05) is 35.7 Å². The van der Waals surface area contributed by atoms with E-state index in [-0.39, 0.29) is 23.4 Å². The number of carboxylic acids is 1. The van der Waals surface area contributed by atoms with Crippen LogP contribution < -0.4 is 15.5 Å². The Bertz CT molecular complexity index is 1710. The molecule has 1 aliphatic heterocycles. The van der Waals surface area contributed by atoms with Crippen molar-refractivity contribution in [3.05, 3.63) is 101 Å². The molecule has 0 radical (unpaired) electrons. The van der Waals surface area contributed by atoms with Gasteiger partial charge in [0.05, 0.1) is 23.6 Å². The first-order valence-corrected chi connectivity index (χ1v) is 19.9. The van der Waals surface area contributed by atoms with Crippen LogP contribution in [0.2, 0.25) is 0 Å². The number of nitrogens with one attached hydrogen (secondary N) is 2. The number of aromatic carboxylic acids is 1. The van der Waals surface area contributed by atoms with Gasteiger partial charge in [0, 0.05) is 37.2 Å². The lowest BCUT2D eigenvalue weighted by Crippen LogP contribution is -2.52. The Kier molecular flexibility index (Phi) is 13.3. The zero-order valence-electron chi connectivity index (χ0n) is 33.0. The first-order valence-electron chi connectivity index (χ1n) is 19.9. The van der Waals surface area contributed by atoms with Crippen LogP contribution in [0.25, 0.3) is 0 Å². The monoisotopic (exact) mass is 722 g/mol. The van der Waals surface area contributed by atoms with Gasteiger partial charge in [0.25, 0.3) is 0 Å². The fourth-order valence-corrected chi connectivity index (χ4v) is 8.41. The van der Waals surface area contributed by atoms with Gasteiger partial charge in [0.2, 0.25) is 5.91 Å². The second-order valence-corrected chi connectivity index (χ2v) is 15.7. The van der Waals surface area contributed by atoms with Crippen molar-refractivity contribution in [1.82, 2.24) is 4.90 Å². The van der Waals surface area contributed by atoms with Crippen molar-refractivity contribution in [2.24, 2.45) is 17.8 Å². The first-order chi connectivity index (χ1) is 25.4. The quantitative estimate of drug-likeness (QED) is 0.131. The summed E-state index contributed by atoms with van der Waals surface area (Å²) < 4.78 is 0. The van der Waals surface area contributed by atoms with Crippen LogP contribution in [0.5, 0.6) is 0 Å². The SMILES string of the molecule is CC.CCC(C)c1ccccc1NC(Nc1ccc(CC(=O)N2CC[C@H](C3CCC3C(C)(C)O)C2CN(C)c2ccc(C(=O)O)cc2)cc1)=C1CCC1. The second-order valence-electron chi connectivity index (χ2n) is 15.7. The third kappa shape index (κ3) is 9.45. The number of carboxylic acid groups (broad SMARTS) is 1. The number of benzene rings is 3. The van der Waals surface area contributed by atoms with Crippen LogP contribution in [0.1, 0.15) is 114 Å². The van der Waals surface area contributed by atoms with Gasteiger partial charge in [-0.25, -0.2) is 4.79 Å². The summed E-state index contributed by atoms with van der Waals surface area (Å²) in [7, 11) is 2.01. The highest BCUT2D eigenvalue weighted by molar-refractivity contribution is 5.88. The summed E-state index contributed by atoms with van der Waals surface area (Å²) in [6.07, 6.45) is 7.80. The summed E-state index contributed by atoms with van der Waals surface area (Å²) >= 11 is 0. The van der Waals surface area contributed by atoms with Crippen molar-refractivity contribution in [2.45, 2.75) is 110 Å². The Morgan fingerprint density at radius 3 is 2.17 bits per heavy atom. The minimum absolute atomic E-state index is 0.00113. The lowest BCUT2D eigenvalue weighted by molar-refractivity contribution is -0.132. The molecule has 4 unspecified atom stereocenters. The molecule has 0 bridgehead atoms. The van der Waals surface area contributed by atoms with Crippen LogP contribution in [0.4, 0.5) is 17.1 Å². The molecule has 286 valence electrons. The molecular formula is C45H62N4O4. The number of nitrogens with zero attached hydrogens (tertiary/aromatic N) is 2. The van der Waals surface area contributed by atoms with E-state index in [1.165, 1.54) is 17.6 Å². The fraction of sp³-hybridized carbons (Fsp3) is 0.511. The predicted octanol–water partition coefficient (Wildman–Crippen LogP) is 9.54. The number of amides is 1. The summed E-state index contributed by atoms with van der Waals surface area (Å²) in [6.45, 7) is 13.7. The van der Waals surface area contributed by atoms with Gasteiger partial charge in [0.1, 0.15) is 5.82 Å². The molecule has 53 heavy (non-hydrogen) atoms. The number of aliphatic hydroxyl groups is 1. The Morgan fingerprint density at radius 2 is 1.60 bits per heavy atom. The van der Waals surface area contributed by atoms with E-state index in [9.17, 15) is 19.8 Å². The van der Waals surface area contributed by atoms with Crippen molar-refractivity contribution in [3.8, 4) is 0 Å². The van der Waals surface area contributed by atoms with E-state index in [1.54, 1.807) is 12.1 Å². The van der Waals surface area contributed by atoms with Gasteiger partial charge in [-0.05, 0) is 142 Å². The number of allylic oxidation sites excluding steroid dienone is 1. The number of likely N-dealkylation sites (tertiary alicyclic amines) is 1. The number of hydrogen-bond donors (Lipinski definition) is 4. The lowest BCUT2D eigenvalue weighted by Gasteiger charge is -2.49. The third-order valence-corrected chi connectivity index (χ3v) is 12.0. The number of anilines is 3. The number of likely N-dealkylation sites (N-methyl/N-ethyl adjacent to an activating group) is 1. The average molecular weight is 723 g/mol. The largest absolute Gasteiger partial charge is 0.478 e. The second kappa shape index (κ2) is 17.7. The van der Waals surface area contributed by atoms with Crippen LogP contribution >= 0.6 is 0 Å². The molecule has 1 amide bonds. The van der Waals surface area contributed by atoms with Gasteiger partial charge in [-0.1, -0.05) is 58.0 Å². The topological polar surface area (TPSA) is 105 Å². The molecule has 1 heterocycles. The standard InChI is InChI=1S/C43H56N4O4.C2H6/c1-6-28(2)34-12-7-8-13-38(34)45-41(30-10-9-11-30)44-32-18-14-29(15-19-32)26-40(48)47-25-24-36(35-22-23-37(35)43(3,4)51)39(47)27-46(5)33-20-16-31(17-21-33)42(49)50;1-2/h7-8,12-21,28,35-37,39,44-45,51H,6,9-11,22-27H2,1-5H3,(H,49,50);1-2H3/t28?,35?,36-,37?,39?;/m1./s1. The maximum Gasteiger partial charge on any atom is 0.335 e. The molecule has 0 aromatic heterocycles. The van der Waals surface area contributed by atoms with E-state index < -0.39 is 11.6 Å². The summed E-state index contributed by atoms with van der Waals surface area (Å²) in [5.74, 6) is 1.59. The molecule has 3 aromatic rings. The Balaban J connectivity index is 0.00000266. The highest BCUT2D eigenvalue weighted by Gasteiger charge is 2.50. The molecule has 1 saturated heterocycles. The zero-order valence-corrected chi connectivity index (χ0v) is 33.0. The normalized spacial score (nSPS) is 21.4. The molecular weight excluding hydrogens is 661 g/mol. The van der Waals surface area contributed by atoms with Crippen molar-refractivity contribution in [1.29, 1.82) is 0 Å². The van der Waals surface area contributed by atoms with Gasteiger partial charge in [-0.15, -0.1) is 0 Å². The van der Waals surface area contributed by atoms with E-state index in [1.807, 2.05) is 46.9 Å². The summed E-state index contributed by atoms with van der Waals surface area (Å²) in [4.78, 5) is 29.7. The van der Waals surface area contributed by atoms with Gasteiger partial charge in [-0.2, -0.15) is 0 Å². The number of para-hydroxylation sites is 1. The molecule has 8 heteroatoms. The maximum atomic E-state index is 14.1. The Labute approximate surface area is 317 Å². The minimum Gasteiger partial charge on any atom is -0.478 e. The zero-order chi connectivity index (χ0) is 38.3. The number of hydrogen-bond acceptors (Lipinski definition) is 6. The molecule has 6 rings (SSSR count). The average Bonchev–Trinajstić information content (AvgIpc) is 3.50. The van der Waals surface area contributed by atoms with Crippen LogP contribution in [0.3, 0.4) is 0 Å². The molecule has 8 nitrogen and oxygen atoms in total. The molecule has 0 spiro atoms. The van der Waals surface area contributed by atoms with Crippen LogP contribution in [0.15, 0.2) is 84.2 Å². The van der Waals surface area contributed by atoms with E-state index in [0.717, 1.165) is 67.0 Å². The number of carbonyl (C=O) groups is 2. The summed E-state index contributed by atoms with van der Waals surface area (Å²) in [5.41, 5.74) is 6.28. The Morgan fingerprint density at radius 1 is 0.925 bits per heavy atom. The van der Waals surface area contributed by atoms with Crippen molar-refractivity contribution in [3.63, 3.8) is 0 Å². The molecule has 3 aliphatic rings. The highest BCUT2D eigenvalue weighted by atomic mass is 16.4. The van der Waals surface area contributed by atoms with Crippen LogP contribution in [0, 0.1) is 17.8 Å². The fourth-order valence-electron chi connectivity index (χ4n) is 8.41. The van der Waals surface area contributed by atoms with Gasteiger partial charge >= 0.3 is 5.97 Å². The van der Waals surface area contributed by atoms with E-state index in [2.05, 4.69) is 82.8 Å². The van der Waals surface area contributed by atoms with E-state index in [4.69, 9.17) is 0 Å². The van der Waals surface area contributed by atoms with Crippen molar-refractivity contribution < 1.29 is 19.8 Å². The van der Waals surface area contributed by atoms with E-state index in [0.29, 0.717) is 37.3 Å². The van der Waals surface area contributed by atoms with Crippen LogP contribution in [-0.2, 0) is 11.2 Å². The van der Waals surface area contributed by atoms with E-state index >= 15 is 0 Å². The smallest absolute Gasteiger partial charge is 0.335 e. The van der Waals surface area contributed by atoms with Gasteiger partial charge in [0.15, 0.2) is 0 Å². The summed E-state index contributed by atoms with van der Waals surface area (Å²) in [5, 5.41) is 27.7. The van der Waals surface area contributed by atoms with Crippen LogP contribution in [-0.4, -0.2) is 58.8 Å². The first kappa shape index (κ1) is 39.9. The lowest BCUT2D eigenvalue weighted by atomic mass is 9.59.